The van der Waals surface area contributed by atoms with Crippen LogP contribution in [0.2, 0.25) is 0 Å². The second-order valence-corrected chi connectivity index (χ2v) is 3.71. The molecule has 2 atom stereocenters. The van der Waals surface area contributed by atoms with Crippen LogP contribution in [0.3, 0.4) is 0 Å². The summed E-state index contributed by atoms with van der Waals surface area (Å²) in [6.07, 6.45) is 3.29. The van der Waals surface area contributed by atoms with Crippen molar-refractivity contribution >= 4 is 17.3 Å². The van der Waals surface area contributed by atoms with Crippen LogP contribution in [0.5, 0.6) is 0 Å². The number of hydrogen-bond acceptors (Lipinski definition) is 6. The van der Waals surface area contributed by atoms with Crippen LogP contribution in [-0.2, 0) is 14.4 Å². The molecule has 0 aliphatic carbocycles. The lowest BCUT2D eigenvalue weighted by molar-refractivity contribution is -0.132. The van der Waals surface area contributed by atoms with Crippen LogP contribution in [0.1, 0.15) is 0 Å². The van der Waals surface area contributed by atoms with Crippen molar-refractivity contribution in [2.75, 3.05) is 0 Å². The fourth-order valence-corrected chi connectivity index (χ4v) is 1.78. The zero-order chi connectivity index (χ0) is 13.7. The number of hydrogen-bond donors (Lipinski definition) is 3. The van der Waals surface area contributed by atoms with Gasteiger partial charge in [-0.3, -0.25) is 14.4 Å². The Morgan fingerprint density at radius 2 is 1.17 bits per heavy atom. The highest BCUT2D eigenvalue weighted by atomic mass is 16.1. The summed E-state index contributed by atoms with van der Waals surface area (Å²) >= 11 is 0. The normalized spacial score (nSPS) is 27.0. The molecule has 18 heavy (non-hydrogen) atoms. The van der Waals surface area contributed by atoms with Crippen molar-refractivity contribution in [2.24, 2.45) is 5.92 Å². The average Bonchev–Trinajstić information content (AvgIpc) is 2.43. The van der Waals surface area contributed by atoms with E-state index in [1.165, 1.54) is 0 Å². The topological polar surface area (TPSA) is 87.3 Å². The van der Waals surface area contributed by atoms with Gasteiger partial charge in [0.1, 0.15) is 0 Å². The van der Waals surface area contributed by atoms with Crippen molar-refractivity contribution in [1.82, 2.24) is 16.4 Å². The Morgan fingerprint density at radius 3 is 1.50 bits per heavy atom. The van der Waals surface area contributed by atoms with Gasteiger partial charge in [-0.25, -0.2) is 10.9 Å². The Morgan fingerprint density at radius 1 is 0.778 bits per heavy atom. The van der Waals surface area contributed by atoms with Crippen LogP contribution in [0.4, 0.5) is 0 Å². The molecule has 1 aliphatic heterocycles. The molecule has 0 bridgehead atoms. The second kappa shape index (κ2) is 6.15. The average molecular weight is 249 g/mol. The van der Waals surface area contributed by atoms with Gasteiger partial charge in [-0.15, -0.1) is 0 Å². The molecule has 1 saturated heterocycles. The minimum Gasteiger partial charge on any atom is -0.294 e. The Labute approximate surface area is 105 Å². The SMILES string of the molecule is C=CC(=O)C1NNNC(C(=O)C=C)C1C(=O)C=C. The van der Waals surface area contributed by atoms with E-state index in [1.54, 1.807) is 0 Å². The molecule has 1 fully saturated rings. The molecule has 0 spiro atoms. The van der Waals surface area contributed by atoms with Crippen LogP contribution in [0.15, 0.2) is 38.0 Å². The van der Waals surface area contributed by atoms with E-state index >= 15 is 0 Å². The van der Waals surface area contributed by atoms with Crippen LogP contribution >= 0.6 is 0 Å². The maximum atomic E-state index is 11.8. The van der Waals surface area contributed by atoms with Crippen molar-refractivity contribution in [3.63, 3.8) is 0 Å². The van der Waals surface area contributed by atoms with Crippen molar-refractivity contribution in [3.05, 3.63) is 38.0 Å². The third-order valence-electron chi connectivity index (χ3n) is 2.72. The number of hydrazine groups is 2. The van der Waals surface area contributed by atoms with Gasteiger partial charge in [0.05, 0.1) is 18.0 Å². The first kappa shape index (κ1) is 14.2. The molecule has 0 aromatic carbocycles. The van der Waals surface area contributed by atoms with Gasteiger partial charge in [-0.05, 0) is 18.2 Å². The summed E-state index contributed by atoms with van der Waals surface area (Å²) in [7, 11) is 0. The summed E-state index contributed by atoms with van der Waals surface area (Å²) in [5.74, 6) is -2.06. The molecule has 1 aliphatic rings. The van der Waals surface area contributed by atoms with Crippen molar-refractivity contribution < 1.29 is 14.4 Å². The summed E-state index contributed by atoms with van der Waals surface area (Å²) in [4.78, 5) is 35.2. The first-order valence-corrected chi connectivity index (χ1v) is 5.31. The fourth-order valence-electron chi connectivity index (χ4n) is 1.78. The van der Waals surface area contributed by atoms with E-state index in [9.17, 15) is 14.4 Å². The number of carbonyl (C=O) groups is 3. The predicted molar refractivity (Wildman–Crippen MR) is 66.1 cm³/mol. The van der Waals surface area contributed by atoms with Gasteiger partial charge in [-0.2, -0.15) is 5.53 Å². The number of rotatable bonds is 6. The highest BCUT2D eigenvalue weighted by Gasteiger charge is 2.42. The molecule has 0 aromatic heterocycles. The molecule has 1 rings (SSSR count). The van der Waals surface area contributed by atoms with Gasteiger partial charge in [-0.1, -0.05) is 19.7 Å². The van der Waals surface area contributed by atoms with Crippen LogP contribution in [0.25, 0.3) is 0 Å². The summed E-state index contributed by atoms with van der Waals surface area (Å²) < 4.78 is 0. The van der Waals surface area contributed by atoms with Crippen LogP contribution in [0, 0.1) is 5.92 Å². The van der Waals surface area contributed by atoms with Gasteiger partial charge in [0.2, 0.25) is 0 Å². The number of allylic oxidation sites excluding steroid dienone is 1. The summed E-state index contributed by atoms with van der Waals surface area (Å²) in [6, 6.07) is -1.74. The lowest BCUT2D eigenvalue weighted by atomic mass is 9.83. The van der Waals surface area contributed by atoms with E-state index in [1.807, 2.05) is 0 Å². The standard InChI is InChI=1S/C12H15N3O3/c1-4-7(16)10-11(8(17)5-2)13-15-14-12(10)9(18)6-3/h4-6,10-15H,1-3H2. The zero-order valence-electron chi connectivity index (χ0n) is 9.81. The van der Waals surface area contributed by atoms with E-state index < -0.39 is 23.8 Å². The zero-order valence-corrected chi connectivity index (χ0v) is 9.81. The Hall–Kier alpha value is -1.89. The van der Waals surface area contributed by atoms with E-state index in [0.717, 1.165) is 18.2 Å². The van der Waals surface area contributed by atoms with E-state index in [4.69, 9.17) is 0 Å². The van der Waals surface area contributed by atoms with E-state index in [0.29, 0.717) is 0 Å². The summed E-state index contributed by atoms with van der Waals surface area (Å²) in [5.41, 5.74) is 7.71. The molecule has 0 saturated carbocycles. The highest BCUT2D eigenvalue weighted by molar-refractivity contribution is 6.06. The molecule has 6 heteroatoms. The molecule has 0 aromatic rings. The van der Waals surface area contributed by atoms with Gasteiger partial charge in [0, 0.05) is 0 Å². The third-order valence-corrected chi connectivity index (χ3v) is 2.72. The number of carbonyl (C=O) groups excluding carboxylic acids is 3. The van der Waals surface area contributed by atoms with Crippen LogP contribution < -0.4 is 16.4 Å². The summed E-state index contributed by atoms with van der Waals surface area (Å²) in [5, 5.41) is 0. The Bertz CT molecular complexity index is 389. The lowest BCUT2D eigenvalue weighted by Gasteiger charge is -2.36. The van der Waals surface area contributed by atoms with Gasteiger partial charge < -0.3 is 0 Å². The van der Waals surface area contributed by atoms with E-state index in [-0.39, 0.29) is 11.6 Å². The van der Waals surface area contributed by atoms with Gasteiger partial charge in [0.15, 0.2) is 17.3 Å². The monoisotopic (exact) mass is 249 g/mol. The van der Waals surface area contributed by atoms with Crippen molar-refractivity contribution in [2.45, 2.75) is 12.1 Å². The fraction of sp³-hybridized carbons (Fsp3) is 0.250. The van der Waals surface area contributed by atoms with Gasteiger partial charge in [0.25, 0.3) is 0 Å². The molecular weight excluding hydrogens is 234 g/mol. The smallest absolute Gasteiger partial charge is 0.174 e. The lowest BCUT2D eigenvalue weighted by Crippen LogP contribution is -2.69. The maximum Gasteiger partial charge on any atom is 0.174 e. The van der Waals surface area contributed by atoms with Gasteiger partial charge >= 0.3 is 0 Å². The first-order valence-electron chi connectivity index (χ1n) is 5.31. The van der Waals surface area contributed by atoms with Crippen LogP contribution in [-0.4, -0.2) is 29.4 Å². The molecule has 96 valence electrons. The Balaban J connectivity index is 3.11. The quantitative estimate of drug-likeness (QED) is 0.535. The second-order valence-electron chi connectivity index (χ2n) is 3.71. The van der Waals surface area contributed by atoms with Crippen molar-refractivity contribution in [3.8, 4) is 0 Å². The Kier molecular flexibility index (Phi) is 4.85. The molecular formula is C12H15N3O3. The third kappa shape index (κ3) is 2.67. The van der Waals surface area contributed by atoms with Crippen molar-refractivity contribution in [1.29, 1.82) is 0 Å². The largest absolute Gasteiger partial charge is 0.294 e. The molecule has 6 nitrogen and oxygen atoms in total. The number of ketones is 3. The predicted octanol–water partition coefficient (Wildman–Crippen LogP) is -0.782. The molecule has 0 radical (unpaired) electrons. The molecule has 3 N–H and O–H groups in total. The minimum atomic E-state index is -0.889. The first-order chi connectivity index (χ1) is 8.56. The molecule has 0 amide bonds. The maximum absolute atomic E-state index is 11.8. The molecule has 2 unspecified atom stereocenters. The number of nitrogens with one attached hydrogen (secondary N) is 3. The van der Waals surface area contributed by atoms with E-state index in [2.05, 4.69) is 36.1 Å². The highest BCUT2D eigenvalue weighted by Crippen LogP contribution is 2.16. The molecule has 1 heterocycles. The summed E-state index contributed by atoms with van der Waals surface area (Å²) in [6.45, 7) is 10.1. The minimum absolute atomic E-state index is 0.383.